The molecule has 1 N–H and O–H groups in total. The minimum atomic E-state index is -0.149. The third-order valence-corrected chi connectivity index (χ3v) is 10.3. The third kappa shape index (κ3) is 4.32. The van der Waals surface area contributed by atoms with Gasteiger partial charge in [0.2, 0.25) is 0 Å². The molecular formula is C44H39N. The zero-order chi connectivity index (χ0) is 31.1. The van der Waals surface area contributed by atoms with Gasteiger partial charge in [-0.15, -0.1) is 0 Å². The smallest absolute Gasteiger partial charge is 0.0256 e. The van der Waals surface area contributed by atoms with Crippen molar-refractivity contribution in [2.45, 2.75) is 58.3 Å². The van der Waals surface area contributed by atoms with Gasteiger partial charge in [0, 0.05) is 11.6 Å². The Morgan fingerprint density at radius 3 is 2.11 bits per heavy atom. The molecule has 0 aliphatic heterocycles. The van der Waals surface area contributed by atoms with Crippen molar-refractivity contribution in [2.75, 3.05) is 0 Å². The summed E-state index contributed by atoms with van der Waals surface area (Å²) in [6.07, 6.45) is 12.3. The molecule has 0 unspecified atom stereocenters. The van der Waals surface area contributed by atoms with Crippen molar-refractivity contribution < 1.29 is 0 Å². The lowest BCUT2D eigenvalue weighted by atomic mass is 9.80. The molecule has 8 rings (SSSR count). The molecule has 2 aliphatic carbocycles. The van der Waals surface area contributed by atoms with Crippen molar-refractivity contribution in [1.82, 2.24) is 0 Å². The molecule has 0 saturated carbocycles. The van der Waals surface area contributed by atoms with Gasteiger partial charge in [0.05, 0.1) is 0 Å². The summed E-state index contributed by atoms with van der Waals surface area (Å²) in [4.78, 5) is 0. The first-order chi connectivity index (χ1) is 21.6. The average Bonchev–Trinajstić information content (AvgIpc) is 3.27. The van der Waals surface area contributed by atoms with Crippen molar-refractivity contribution in [3.8, 4) is 22.3 Å². The molecule has 0 aromatic heterocycles. The minimum Gasteiger partial charge on any atom is -0.308 e. The molecule has 0 spiro atoms. The highest BCUT2D eigenvalue weighted by molar-refractivity contribution is 6.25. The Bertz CT molecular complexity index is 2260. The molecule has 220 valence electrons. The molecule has 0 fully saturated rings. The van der Waals surface area contributed by atoms with E-state index < -0.39 is 0 Å². The molecule has 0 amide bonds. The van der Waals surface area contributed by atoms with Crippen molar-refractivity contribution in [2.24, 2.45) is 0 Å². The summed E-state index contributed by atoms with van der Waals surface area (Å²) in [5.74, 6) is 0. The molecule has 0 bridgehead atoms. The Kier molecular flexibility index (Phi) is 6.10. The summed E-state index contributed by atoms with van der Waals surface area (Å²) in [5, 5.41) is 16.2. The largest absolute Gasteiger partial charge is 0.308 e. The summed E-state index contributed by atoms with van der Waals surface area (Å²) >= 11 is 0. The second kappa shape index (κ2) is 9.88. The van der Waals surface area contributed by atoms with Gasteiger partial charge in [-0.3, -0.25) is 0 Å². The summed E-state index contributed by atoms with van der Waals surface area (Å²) in [7, 11) is 0. The lowest BCUT2D eigenvalue weighted by molar-refractivity contribution is 0.591. The van der Waals surface area contributed by atoms with Crippen LogP contribution < -0.4 is 0 Å². The predicted octanol–water partition coefficient (Wildman–Crippen LogP) is 12.2. The monoisotopic (exact) mass is 581 g/mol. The number of rotatable bonds is 4. The van der Waals surface area contributed by atoms with E-state index in [0.29, 0.717) is 0 Å². The molecule has 6 aromatic rings. The van der Waals surface area contributed by atoms with Gasteiger partial charge in [-0.25, -0.2) is 0 Å². The average molecular weight is 582 g/mol. The Balaban J connectivity index is 1.24. The quantitative estimate of drug-likeness (QED) is 0.158. The predicted molar refractivity (Wildman–Crippen MR) is 195 cm³/mol. The van der Waals surface area contributed by atoms with Crippen molar-refractivity contribution in [1.29, 1.82) is 5.41 Å². The summed E-state index contributed by atoms with van der Waals surface area (Å²) in [5.41, 5.74) is 12.6. The van der Waals surface area contributed by atoms with E-state index in [9.17, 15) is 0 Å². The highest BCUT2D eigenvalue weighted by Crippen LogP contribution is 2.51. The summed E-state index contributed by atoms with van der Waals surface area (Å²) in [6, 6.07) is 32.5. The van der Waals surface area contributed by atoms with Crippen LogP contribution in [-0.2, 0) is 10.8 Å². The zero-order valence-electron chi connectivity index (χ0n) is 26.9. The molecule has 0 radical (unpaired) electrons. The Morgan fingerprint density at radius 2 is 1.40 bits per heavy atom. The van der Waals surface area contributed by atoms with Crippen molar-refractivity contribution in [3.05, 3.63) is 137 Å². The normalized spacial score (nSPS) is 15.9. The fraction of sp³-hybridized carbons (Fsp3) is 0.205. The van der Waals surface area contributed by atoms with Gasteiger partial charge in [-0.2, -0.15) is 0 Å². The van der Waals surface area contributed by atoms with Gasteiger partial charge in [0.25, 0.3) is 0 Å². The van der Waals surface area contributed by atoms with E-state index >= 15 is 0 Å². The van der Waals surface area contributed by atoms with Crippen molar-refractivity contribution >= 4 is 44.1 Å². The summed E-state index contributed by atoms with van der Waals surface area (Å²) in [6.45, 7) is 11.6. The van der Waals surface area contributed by atoms with Gasteiger partial charge >= 0.3 is 0 Å². The molecule has 6 aromatic carbocycles. The highest BCUT2D eigenvalue weighted by atomic mass is 14.4. The van der Waals surface area contributed by atoms with Crippen molar-refractivity contribution in [3.63, 3.8) is 0 Å². The Labute approximate surface area is 266 Å². The van der Waals surface area contributed by atoms with Crippen LogP contribution >= 0.6 is 0 Å². The highest BCUT2D eigenvalue weighted by Gasteiger charge is 2.36. The minimum absolute atomic E-state index is 0.104. The van der Waals surface area contributed by atoms with E-state index in [-0.39, 0.29) is 10.8 Å². The number of hydrogen-bond donors (Lipinski definition) is 1. The molecule has 0 saturated heterocycles. The van der Waals surface area contributed by atoms with Crippen LogP contribution in [0.3, 0.4) is 0 Å². The van der Waals surface area contributed by atoms with Gasteiger partial charge in [-0.05, 0) is 124 Å². The van der Waals surface area contributed by atoms with Gasteiger partial charge < -0.3 is 5.41 Å². The maximum Gasteiger partial charge on any atom is 0.0256 e. The Morgan fingerprint density at radius 1 is 0.733 bits per heavy atom. The van der Waals surface area contributed by atoms with Gasteiger partial charge in [0.1, 0.15) is 0 Å². The molecule has 0 heterocycles. The van der Waals surface area contributed by atoms with Crippen LogP contribution in [-0.4, -0.2) is 6.21 Å². The lowest BCUT2D eigenvalue weighted by Crippen LogP contribution is -2.15. The number of allylic oxidation sites excluding steroid dienone is 6. The third-order valence-electron chi connectivity index (χ3n) is 10.3. The number of nitrogens with one attached hydrogen (secondary N) is 1. The van der Waals surface area contributed by atoms with Crippen LogP contribution in [0.4, 0.5) is 0 Å². The van der Waals surface area contributed by atoms with Gasteiger partial charge in [-0.1, -0.05) is 126 Å². The first kappa shape index (κ1) is 27.8. The first-order valence-corrected chi connectivity index (χ1v) is 16.2. The second-order valence-electron chi connectivity index (χ2n) is 14.5. The number of benzene rings is 6. The fourth-order valence-electron chi connectivity index (χ4n) is 7.74. The number of fused-ring (bicyclic) bond motifs is 3. The van der Waals surface area contributed by atoms with Crippen LogP contribution in [0.15, 0.2) is 115 Å². The first-order valence-electron chi connectivity index (χ1n) is 16.2. The van der Waals surface area contributed by atoms with Gasteiger partial charge in [0.15, 0.2) is 0 Å². The Hall–Kier alpha value is -4.75. The molecule has 1 nitrogen and oxygen atoms in total. The zero-order valence-corrected chi connectivity index (χ0v) is 26.9. The van der Waals surface area contributed by atoms with Crippen LogP contribution in [0.1, 0.15) is 69.7 Å². The van der Waals surface area contributed by atoms with Crippen LogP contribution in [0.2, 0.25) is 0 Å². The van der Waals surface area contributed by atoms with E-state index in [2.05, 4.69) is 144 Å². The van der Waals surface area contributed by atoms with E-state index in [1.807, 2.05) is 0 Å². The maximum atomic E-state index is 8.21. The van der Waals surface area contributed by atoms with Crippen LogP contribution in [0.5, 0.6) is 0 Å². The summed E-state index contributed by atoms with van der Waals surface area (Å²) < 4.78 is 0. The maximum absolute atomic E-state index is 8.21. The van der Waals surface area contributed by atoms with Crippen LogP contribution in [0, 0.1) is 5.41 Å². The molecule has 45 heavy (non-hydrogen) atoms. The van der Waals surface area contributed by atoms with E-state index in [0.717, 1.165) is 24.0 Å². The van der Waals surface area contributed by atoms with E-state index in [1.165, 1.54) is 83.0 Å². The topological polar surface area (TPSA) is 23.9 Å². The fourth-order valence-corrected chi connectivity index (χ4v) is 7.74. The molecular weight excluding hydrogens is 542 g/mol. The standard InChI is InChI=1S/C44H39N/c1-43(2,3)34-22-31-12-11-28-13-17-35(38-20-16-32(23-34)41(31)42(28)38)30-15-19-37-36-18-14-29(24-39(36)44(4,5)40(37)25-30)33(26-45)21-27-9-7-6-8-10-27/h6-7,9,11-26,45H,8,10H2,1-5H3/b33-21+,45-26?. The number of hydrogen-bond acceptors (Lipinski definition) is 1. The SMILES string of the molecule is CC(C)(C)c1cc2ccc3ccc(-c4ccc5c(c4)C(C)(C)c4cc(/C(C=N)=C/C6=CC=CCC6)ccc4-5)c4ccc(c1)c2c34. The molecule has 1 heteroatoms. The van der Waals surface area contributed by atoms with Crippen LogP contribution in [0.25, 0.3) is 60.1 Å². The molecule has 0 atom stereocenters. The molecule has 2 aliphatic rings. The van der Waals surface area contributed by atoms with E-state index in [1.54, 1.807) is 0 Å². The van der Waals surface area contributed by atoms with E-state index in [4.69, 9.17) is 5.41 Å². The lowest BCUT2D eigenvalue weighted by Gasteiger charge is -2.23. The second-order valence-corrected chi connectivity index (χ2v) is 14.5.